The standard InChI is InChI=1S/C33H37N3O6S2/c1-23-19-36(24(2)22-37)33(38)28-11-7-12-29(34-44(39,40)31-13-8-18-43-31)32(28)42-30(23)21-35(3)20-25-14-16-27(17-15-25)41-26-9-5-4-6-10-26/h4-18,23-24,30,34,37H,19-22H2,1-3H3/t23-,24+,30-/m0/s1. The maximum atomic E-state index is 13.7. The SMILES string of the molecule is C[C@H](CO)N1C[C@H](C)[C@H](CN(C)Cc2ccc(Oc3ccccc3)cc2)Oc2c(NS(=O)(=O)c3cccs3)cccc2C1=O. The Bertz CT molecular complexity index is 1650. The first-order chi connectivity index (χ1) is 21.1. The van der Waals surface area contributed by atoms with Crippen molar-refractivity contribution >= 4 is 33.0 Å². The van der Waals surface area contributed by atoms with Gasteiger partial charge in [0.25, 0.3) is 15.9 Å². The molecular formula is C33H37N3O6S2. The Balaban J connectivity index is 1.38. The number of para-hydroxylation sites is 2. The molecule has 0 saturated carbocycles. The molecule has 3 aromatic carbocycles. The summed E-state index contributed by atoms with van der Waals surface area (Å²) in [5.74, 6) is 1.24. The third kappa shape index (κ3) is 7.41. The lowest BCUT2D eigenvalue weighted by atomic mass is 9.99. The molecule has 4 aromatic rings. The van der Waals surface area contributed by atoms with Crippen molar-refractivity contribution in [1.82, 2.24) is 9.80 Å². The number of hydrogen-bond acceptors (Lipinski definition) is 8. The van der Waals surface area contributed by atoms with Crippen molar-refractivity contribution in [3.05, 3.63) is 101 Å². The highest BCUT2D eigenvalue weighted by atomic mass is 32.2. The number of anilines is 1. The van der Waals surface area contributed by atoms with Crippen LogP contribution in [-0.2, 0) is 16.6 Å². The Kier molecular flexibility index (Phi) is 9.90. The zero-order chi connectivity index (χ0) is 31.3. The van der Waals surface area contributed by atoms with E-state index in [4.69, 9.17) is 9.47 Å². The van der Waals surface area contributed by atoms with Crippen LogP contribution < -0.4 is 14.2 Å². The van der Waals surface area contributed by atoms with E-state index in [2.05, 4.69) is 9.62 Å². The van der Waals surface area contributed by atoms with Gasteiger partial charge in [0, 0.05) is 25.6 Å². The van der Waals surface area contributed by atoms with E-state index < -0.39 is 22.2 Å². The fourth-order valence-corrected chi connectivity index (χ4v) is 7.18. The van der Waals surface area contributed by atoms with Gasteiger partial charge in [-0.15, -0.1) is 11.3 Å². The van der Waals surface area contributed by atoms with Crippen LogP contribution in [0.2, 0.25) is 0 Å². The summed E-state index contributed by atoms with van der Waals surface area (Å²) in [4.78, 5) is 17.5. The number of carbonyl (C=O) groups is 1. The van der Waals surface area contributed by atoms with Gasteiger partial charge in [-0.3, -0.25) is 14.4 Å². The molecule has 0 bridgehead atoms. The van der Waals surface area contributed by atoms with Gasteiger partial charge in [0.1, 0.15) is 21.8 Å². The molecule has 3 atom stereocenters. The fraction of sp³-hybridized carbons (Fsp3) is 0.303. The number of nitrogens with one attached hydrogen (secondary N) is 1. The van der Waals surface area contributed by atoms with Crippen LogP contribution in [-0.4, -0.2) is 68.1 Å². The van der Waals surface area contributed by atoms with Crippen molar-refractivity contribution < 1.29 is 27.8 Å². The third-order valence-electron chi connectivity index (χ3n) is 7.54. The van der Waals surface area contributed by atoms with Crippen LogP contribution in [0.1, 0.15) is 29.8 Å². The molecule has 1 aromatic heterocycles. The second-order valence-corrected chi connectivity index (χ2v) is 14.0. The van der Waals surface area contributed by atoms with Crippen LogP contribution in [0.3, 0.4) is 0 Å². The minimum Gasteiger partial charge on any atom is -0.486 e. The first-order valence-electron chi connectivity index (χ1n) is 14.4. The van der Waals surface area contributed by atoms with Crippen LogP contribution >= 0.6 is 11.3 Å². The summed E-state index contributed by atoms with van der Waals surface area (Å²) in [5, 5.41) is 11.6. The minimum atomic E-state index is -3.89. The first-order valence-corrected chi connectivity index (χ1v) is 16.8. The predicted octanol–water partition coefficient (Wildman–Crippen LogP) is 5.69. The second kappa shape index (κ2) is 13.8. The fourth-order valence-electron chi connectivity index (χ4n) is 5.12. The molecule has 0 aliphatic carbocycles. The van der Waals surface area contributed by atoms with Crippen LogP contribution in [0.15, 0.2) is 94.5 Å². The molecule has 0 unspecified atom stereocenters. The van der Waals surface area contributed by atoms with E-state index in [1.165, 1.54) is 6.07 Å². The van der Waals surface area contributed by atoms with Crippen molar-refractivity contribution in [3.63, 3.8) is 0 Å². The molecule has 2 N–H and O–H groups in total. The lowest BCUT2D eigenvalue weighted by Crippen LogP contribution is -2.49. The van der Waals surface area contributed by atoms with Gasteiger partial charge >= 0.3 is 0 Å². The van der Waals surface area contributed by atoms with Gasteiger partial charge in [0.05, 0.1) is 23.9 Å². The average Bonchev–Trinajstić information content (AvgIpc) is 3.57. The molecule has 0 fully saturated rings. The molecule has 11 heteroatoms. The molecule has 1 amide bonds. The molecule has 1 aliphatic heterocycles. The molecule has 5 rings (SSSR count). The topological polar surface area (TPSA) is 108 Å². The van der Waals surface area contributed by atoms with E-state index in [1.807, 2.05) is 68.6 Å². The molecule has 0 saturated heterocycles. The summed E-state index contributed by atoms with van der Waals surface area (Å²) in [6.45, 7) is 5.10. The zero-order valence-electron chi connectivity index (χ0n) is 24.9. The Labute approximate surface area is 262 Å². The first kappa shape index (κ1) is 31.5. The number of hydrogen-bond donors (Lipinski definition) is 2. The zero-order valence-corrected chi connectivity index (χ0v) is 26.6. The van der Waals surface area contributed by atoms with Gasteiger partial charge in [-0.2, -0.15) is 0 Å². The number of fused-ring (bicyclic) bond motifs is 1. The number of aliphatic hydroxyl groups is 1. The van der Waals surface area contributed by atoms with E-state index in [0.29, 0.717) is 19.6 Å². The number of likely N-dealkylation sites (N-methyl/N-ethyl adjacent to an activating group) is 1. The summed E-state index contributed by atoms with van der Waals surface area (Å²) in [6, 6.07) is 25.2. The average molecular weight is 636 g/mol. The van der Waals surface area contributed by atoms with Gasteiger partial charge in [0.15, 0.2) is 5.75 Å². The van der Waals surface area contributed by atoms with E-state index in [0.717, 1.165) is 28.4 Å². The summed E-state index contributed by atoms with van der Waals surface area (Å²) in [5.41, 5.74) is 1.52. The normalized spacial score (nSPS) is 17.8. The maximum Gasteiger partial charge on any atom is 0.271 e. The van der Waals surface area contributed by atoms with E-state index in [1.54, 1.807) is 41.5 Å². The smallest absolute Gasteiger partial charge is 0.271 e. The van der Waals surface area contributed by atoms with Crippen molar-refractivity contribution in [2.75, 3.05) is 31.5 Å². The van der Waals surface area contributed by atoms with E-state index in [-0.39, 0.29) is 39.6 Å². The van der Waals surface area contributed by atoms with Gasteiger partial charge in [-0.05, 0) is 67.4 Å². The number of aliphatic hydroxyl groups excluding tert-OH is 1. The Morgan fingerprint density at radius 3 is 2.45 bits per heavy atom. The number of nitrogens with zero attached hydrogens (tertiary/aromatic N) is 2. The van der Waals surface area contributed by atoms with E-state index in [9.17, 15) is 18.3 Å². The lowest BCUT2D eigenvalue weighted by molar-refractivity contribution is 0.0344. The Morgan fingerprint density at radius 1 is 1.05 bits per heavy atom. The van der Waals surface area contributed by atoms with Gasteiger partial charge in [-0.25, -0.2) is 8.42 Å². The summed E-state index contributed by atoms with van der Waals surface area (Å²) in [6.07, 6.45) is -0.395. The van der Waals surface area contributed by atoms with E-state index >= 15 is 0 Å². The van der Waals surface area contributed by atoms with Crippen LogP contribution in [0.4, 0.5) is 5.69 Å². The monoisotopic (exact) mass is 635 g/mol. The highest BCUT2D eigenvalue weighted by Crippen LogP contribution is 2.36. The predicted molar refractivity (Wildman–Crippen MR) is 172 cm³/mol. The minimum absolute atomic E-state index is 0.132. The number of thiophene rings is 1. The number of carbonyl (C=O) groups excluding carboxylic acids is 1. The van der Waals surface area contributed by atoms with Crippen LogP contribution in [0, 0.1) is 5.92 Å². The summed E-state index contributed by atoms with van der Waals surface area (Å²) < 4.78 is 41.6. The molecular weight excluding hydrogens is 599 g/mol. The second-order valence-electron chi connectivity index (χ2n) is 11.1. The number of amides is 1. The molecule has 0 radical (unpaired) electrons. The summed E-state index contributed by atoms with van der Waals surface area (Å²) >= 11 is 1.10. The molecule has 2 heterocycles. The Hall–Kier alpha value is -3.90. The molecule has 0 spiro atoms. The highest BCUT2D eigenvalue weighted by Gasteiger charge is 2.35. The highest BCUT2D eigenvalue weighted by molar-refractivity contribution is 7.94. The van der Waals surface area contributed by atoms with Crippen molar-refractivity contribution in [3.8, 4) is 17.2 Å². The molecule has 232 valence electrons. The van der Waals surface area contributed by atoms with Crippen molar-refractivity contribution in [2.24, 2.45) is 5.92 Å². The molecule has 1 aliphatic rings. The quantitative estimate of drug-likeness (QED) is 0.218. The van der Waals surface area contributed by atoms with Gasteiger partial charge in [0.2, 0.25) is 0 Å². The number of sulfonamides is 1. The van der Waals surface area contributed by atoms with Crippen molar-refractivity contribution in [2.45, 2.75) is 36.7 Å². The maximum absolute atomic E-state index is 13.7. The molecule has 9 nitrogen and oxygen atoms in total. The third-order valence-corrected chi connectivity index (χ3v) is 10.3. The Morgan fingerprint density at radius 2 is 1.77 bits per heavy atom. The van der Waals surface area contributed by atoms with Crippen LogP contribution in [0.25, 0.3) is 0 Å². The summed E-state index contributed by atoms with van der Waals surface area (Å²) in [7, 11) is -1.90. The lowest BCUT2D eigenvalue weighted by Gasteiger charge is -2.38. The number of benzene rings is 3. The van der Waals surface area contributed by atoms with Gasteiger partial charge in [-0.1, -0.05) is 49.4 Å². The largest absolute Gasteiger partial charge is 0.486 e. The number of rotatable bonds is 11. The van der Waals surface area contributed by atoms with Crippen LogP contribution in [0.5, 0.6) is 17.2 Å². The van der Waals surface area contributed by atoms with Crippen molar-refractivity contribution in [1.29, 1.82) is 0 Å². The molecule has 44 heavy (non-hydrogen) atoms. The number of ether oxygens (including phenoxy) is 2. The van der Waals surface area contributed by atoms with Gasteiger partial charge < -0.3 is 19.5 Å².